The summed E-state index contributed by atoms with van der Waals surface area (Å²) in [5.74, 6) is 2.04. The molecule has 1 saturated heterocycles. The van der Waals surface area contributed by atoms with Crippen LogP contribution in [0.1, 0.15) is 77.0 Å². The molecule has 2 unspecified atom stereocenters. The minimum atomic E-state index is 0.364. The molecule has 1 aliphatic heterocycles. The summed E-state index contributed by atoms with van der Waals surface area (Å²) in [5.41, 5.74) is 6.68. The average molecular weight is 278 g/mol. The highest BCUT2D eigenvalue weighted by molar-refractivity contribution is 4.96. The molecule has 2 atom stereocenters. The first-order valence-electron chi connectivity index (χ1n) is 9.29. The van der Waals surface area contributed by atoms with Gasteiger partial charge in [-0.2, -0.15) is 0 Å². The number of rotatable bonds is 2. The van der Waals surface area contributed by atoms with Gasteiger partial charge in [0.1, 0.15) is 0 Å². The summed E-state index contributed by atoms with van der Waals surface area (Å²) in [6, 6.07) is 0. The minimum absolute atomic E-state index is 0.364. The lowest BCUT2D eigenvalue weighted by Gasteiger charge is -2.51. The van der Waals surface area contributed by atoms with Gasteiger partial charge in [-0.05, 0) is 44.1 Å². The first-order valence-corrected chi connectivity index (χ1v) is 9.29. The van der Waals surface area contributed by atoms with E-state index in [0.717, 1.165) is 18.4 Å². The van der Waals surface area contributed by atoms with Crippen molar-refractivity contribution >= 4 is 0 Å². The second-order valence-corrected chi connectivity index (χ2v) is 7.74. The van der Waals surface area contributed by atoms with Crippen LogP contribution in [-0.2, 0) is 0 Å². The summed E-state index contributed by atoms with van der Waals surface area (Å²) in [6.45, 7) is 3.59. The second kappa shape index (κ2) is 6.79. The van der Waals surface area contributed by atoms with E-state index in [-0.39, 0.29) is 0 Å². The van der Waals surface area contributed by atoms with Crippen molar-refractivity contribution < 1.29 is 0 Å². The molecule has 3 rings (SSSR count). The van der Waals surface area contributed by atoms with Crippen LogP contribution in [0.5, 0.6) is 0 Å². The normalized spacial score (nSPS) is 35.9. The summed E-state index contributed by atoms with van der Waals surface area (Å²) in [5, 5.41) is 0. The Morgan fingerprint density at radius 2 is 1.45 bits per heavy atom. The van der Waals surface area contributed by atoms with Crippen molar-refractivity contribution in [3.8, 4) is 0 Å². The lowest BCUT2D eigenvalue weighted by molar-refractivity contribution is -0.00614. The number of nitrogens with two attached hydrogens (primary N) is 1. The van der Waals surface area contributed by atoms with Crippen LogP contribution in [-0.4, -0.2) is 30.1 Å². The Hall–Kier alpha value is -0.0800. The maximum absolute atomic E-state index is 6.32. The van der Waals surface area contributed by atoms with E-state index in [1.807, 2.05) is 0 Å². The van der Waals surface area contributed by atoms with E-state index in [9.17, 15) is 0 Å². The maximum atomic E-state index is 6.32. The molecule has 2 nitrogen and oxygen atoms in total. The Morgan fingerprint density at radius 3 is 2.15 bits per heavy atom. The highest BCUT2D eigenvalue weighted by atomic mass is 15.2. The van der Waals surface area contributed by atoms with Gasteiger partial charge < -0.3 is 5.73 Å². The van der Waals surface area contributed by atoms with Gasteiger partial charge in [0, 0.05) is 18.6 Å². The van der Waals surface area contributed by atoms with Crippen molar-refractivity contribution in [2.24, 2.45) is 17.6 Å². The molecule has 0 radical (unpaired) electrons. The third kappa shape index (κ3) is 3.06. The molecule has 0 aromatic carbocycles. The van der Waals surface area contributed by atoms with Gasteiger partial charge >= 0.3 is 0 Å². The van der Waals surface area contributed by atoms with E-state index in [0.29, 0.717) is 5.54 Å². The van der Waals surface area contributed by atoms with Crippen LogP contribution in [0.25, 0.3) is 0 Å². The molecule has 0 aromatic rings. The average Bonchev–Trinajstić information content (AvgIpc) is 2.47. The van der Waals surface area contributed by atoms with E-state index in [1.165, 1.54) is 90.1 Å². The fourth-order valence-corrected chi connectivity index (χ4v) is 5.24. The van der Waals surface area contributed by atoms with Crippen LogP contribution in [0.3, 0.4) is 0 Å². The summed E-state index contributed by atoms with van der Waals surface area (Å²) in [6.07, 6.45) is 17.3. The number of likely N-dealkylation sites (tertiary alicyclic amines) is 1. The Balaban J connectivity index is 1.68. The number of hydrogen-bond donors (Lipinski definition) is 1. The van der Waals surface area contributed by atoms with E-state index in [2.05, 4.69) is 4.90 Å². The molecule has 2 saturated carbocycles. The van der Waals surface area contributed by atoms with Gasteiger partial charge in [-0.3, -0.25) is 4.90 Å². The molecule has 116 valence electrons. The Kier molecular flexibility index (Phi) is 5.04. The zero-order chi connectivity index (χ0) is 13.8. The van der Waals surface area contributed by atoms with Crippen molar-refractivity contribution in [2.45, 2.75) is 82.6 Å². The Labute approximate surface area is 125 Å². The smallest absolute Gasteiger partial charge is 0.0331 e. The van der Waals surface area contributed by atoms with Crippen molar-refractivity contribution in [2.75, 3.05) is 19.6 Å². The largest absolute Gasteiger partial charge is 0.329 e. The molecular formula is C18H34N2. The van der Waals surface area contributed by atoms with Gasteiger partial charge in [0.15, 0.2) is 0 Å². The molecular weight excluding hydrogens is 244 g/mol. The predicted molar refractivity (Wildman–Crippen MR) is 85.7 cm³/mol. The van der Waals surface area contributed by atoms with Crippen LogP contribution in [0.4, 0.5) is 0 Å². The molecule has 0 amide bonds. The van der Waals surface area contributed by atoms with E-state index < -0.39 is 0 Å². The highest BCUT2D eigenvalue weighted by Gasteiger charge is 2.40. The first kappa shape index (κ1) is 14.8. The zero-order valence-electron chi connectivity index (χ0n) is 13.3. The van der Waals surface area contributed by atoms with E-state index in [1.54, 1.807) is 0 Å². The molecule has 0 spiro atoms. The van der Waals surface area contributed by atoms with Gasteiger partial charge in [0.2, 0.25) is 0 Å². The van der Waals surface area contributed by atoms with Crippen molar-refractivity contribution in [3.63, 3.8) is 0 Å². The van der Waals surface area contributed by atoms with Crippen LogP contribution in [0.15, 0.2) is 0 Å². The van der Waals surface area contributed by atoms with Gasteiger partial charge in [-0.25, -0.2) is 0 Å². The SMILES string of the molecule is NCC1(N2CCC3CCCCC3C2)CCCCCCC1. The molecule has 2 heteroatoms. The van der Waals surface area contributed by atoms with Crippen LogP contribution in [0.2, 0.25) is 0 Å². The third-order valence-corrected chi connectivity index (χ3v) is 6.63. The fourth-order valence-electron chi connectivity index (χ4n) is 5.24. The van der Waals surface area contributed by atoms with Crippen molar-refractivity contribution in [1.82, 2.24) is 4.90 Å². The van der Waals surface area contributed by atoms with E-state index >= 15 is 0 Å². The Morgan fingerprint density at radius 1 is 0.800 bits per heavy atom. The summed E-state index contributed by atoms with van der Waals surface area (Å²) in [4.78, 5) is 2.85. The lowest BCUT2D eigenvalue weighted by Crippen LogP contribution is -2.58. The molecule has 20 heavy (non-hydrogen) atoms. The van der Waals surface area contributed by atoms with Gasteiger partial charge in [-0.15, -0.1) is 0 Å². The maximum Gasteiger partial charge on any atom is 0.0331 e. The minimum Gasteiger partial charge on any atom is -0.329 e. The summed E-state index contributed by atoms with van der Waals surface area (Å²) in [7, 11) is 0. The van der Waals surface area contributed by atoms with Gasteiger partial charge in [-0.1, -0.05) is 51.4 Å². The van der Waals surface area contributed by atoms with Crippen LogP contribution >= 0.6 is 0 Å². The predicted octanol–water partition coefficient (Wildman–Crippen LogP) is 3.94. The number of hydrogen-bond acceptors (Lipinski definition) is 2. The Bertz CT molecular complexity index is 294. The molecule has 0 aromatic heterocycles. The monoisotopic (exact) mass is 278 g/mol. The lowest BCUT2D eigenvalue weighted by atomic mass is 9.72. The van der Waals surface area contributed by atoms with Crippen molar-refractivity contribution in [1.29, 1.82) is 0 Å². The first-order chi connectivity index (χ1) is 9.84. The van der Waals surface area contributed by atoms with Crippen LogP contribution < -0.4 is 5.73 Å². The standard InChI is InChI=1S/C18H34N2/c19-15-18(11-6-2-1-3-7-12-18)20-13-10-16-8-4-5-9-17(16)14-20/h16-17H,1-15,19H2. The molecule has 2 N–H and O–H groups in total. The number of piperidine rings is 1. The topological polar surface area (TPSA) is 29.3 Å². The van der Waals surface area contributed by atoms with Crippen LogP contribution in [0, 0.1) is 11.8 Å². The zero-order valence-corrected chi connectivity index (χ0v) is 13.3. The molecule has 2 aliphatic carbocycles. The third-order valence-electron chi connectivity index (χ3n) is 6.63. The second-order valence-electron chi connectivity index (χ2n) is 7.74. The van der Waals surface area contributed by atoms with Gasteiger partial charge in [0.25, 0.3) is 0 Å². The highest BCUT2D eigenvalue weighted by Crippen LogP contribution is 2.40. The molecule has 1 heterocycles. The summed E-state index contributed by atoms with van der Waals surface area (Å²) >= 11 is 0. The van der Waals surface area contributed by atoms with Crippen molar-refractivity contribution in [3.05, 3.63) is 0 Å². The van der Waals surface area contributed by atoms with E-state index in [4.69, 9.17) is 5.73 Å². The molecule has 0 bridgehead atoms. The number of nitrogens with zero attached hydrogens (tertiary/aromatic N) is 1. The van der Waals surface area contributed by atoms with Gasteiger partial charge in [0.05, 0.1) is 0 Å². The molecule has 3 aliphatic rings. The summed E-state index contributed by atoms with van der Waals surface area (Å²) < 4.78 is 0. The number of fused-ring (bicyclic) bond motifs is 1. The molecule has 3 fully saturated rings. The fraction of sp³-hybridized carbons (Fsp3) is 1.00. The quantitative estimate of drug-likeness (QED) is 0.829.